The first-order valence-electron chi connectivity index (χ1n) is 6.70. The van der Waals surface area contributed by atoms with Gasteiger partial charge in [0.05, 0.1) is 6.21 Å². The van der Waals surface area contributed by atoms with Crippen molar-refractivity contribution in [1.82, 2.24) is 0 Å². The highest BCUT2D eigenvalue weighted by Crippen LogP contribution is 2.36. The first-order chi connectivity index (χ1) is 9.92. The average molecular weight is 254 g/mol. The Balaban J connectivity index is 1.96. The van der Waals surface area contributed by atoms with Crippen LogP contribution in [-0.2, 0) is 0 Å². The Bertz CT molecular complexity index is 991. The fourth-order valence-corrected chi connectivity index (χ4v) is 3.21. The highest BCUT2D eigenvalue weighted by molar-refractivity contribution is 6.35. The molecule has 0 saturated carbocycles. The van der Waals surface area contributed by atoms with Crippen LogP contribution in [0.1, 0.15) is 11.1 Å². The van der Waals surface area contributed by atoms with E-state index in [0.717, 1.165) is 11.3 Å². The van der Waals surface area contributed by atoms with Crippen molar-refractivity contribution >= 4 is 39.5 Å². The van der Waals surface area contributed by atoms with Crippen molar-refractivity contribution < 1.29 is 0 Å². The van der Waals surface area contributed by atoms with Gasteiger partial charge in [-0.25, -0.2) is 0 Å². The van der Waals surface area contributed by atoms with Gasteiger partial charge in [-0.3, -0.25) is 0 Å². The van der Waals surface area contributed by atoms with Crippen LogP contribution in [-0.4, -0.2) is 11.9 Å². The molecule has 0 aromatic heterocycles. The van der Waals surface area contributed by atoms with Crippen LogP contribution in [0.5, 0.6) is 0 Å². The predicted octanol–water partition coefficient (Wildman–Crippen LogP) is 4.18. The summed E-state index contributed by atoms with van der Waals surface area (Å²) in [5.74, 6) is 0. The standard InChI is InChI=1S/C18H10N2/c1-2-4-13-11(3-1)5-6-15-14(13)7-8-16-17(15)9-12-10-19-20-18(12)16/h1-10H. The minimum Gasteiger partial charge on any atom is -0.158 e. The van der Waals surface area contributed by atoms with Gasteiger partial charge < -0.3 is 0 Å². The van der Waals surface area contributed by atoms with E-state index >= 15 is 0 Å². The van der Waals surface area contributed by atoms with Crippen LogP contribution in [0.25, 0.3) is 27.6 Å². The van der Waals surface area contributed by atoms with Gasteiger partial charge in [-0.05, 0) is 33.2 Å². The van der Waals surface area contributed by atoms with Crippen molar-refractivity contribution in [3.05, 3.63) is 65.2 Å². The number of hydrogen-bond acceptors (Lipinski definition) is 2. The molecule has 2 nitrogen and oxygen atoms in total. The fourth-order valence-electron chi connectivity index (χ4n) is 3.21. The molecular formula is C18H10N2. The molecule has 3 aromatic carbocycles. The van der Waals surface area contributed by atoms with Crippen molar-refractivity contribution in [2.45, 2.75) is 0 Å². The molecule has 0 saturated heterocycles. The molecule has 1 aliphatic carbocycles. The summed E-state index contributed by atoms with van der Waals surface area (Å²) >= 11 is 0. The summed E-state index contributed by atoms with van der Waals surface area (Å²) in [6.07, 6.45) is 4.03. The second-order valence-electron chi connectivity index (χ2n) is 5.20. The Kier molecular flexibility index (Phi) is 1.73. The molecule has 2 heteroatoms. The molecule has 1 heterocycles. The van der Waals surface area contributed by atoms with E-state index in [4.69, 9.17) is 0 Å². The minimum absolute atomic E-state index is 1.01. The second kappa shape index (κ2) is 3.42. The Morgan fingerprint density at radius 2 is 1.65 bits per heavy atom. The molecule has 92 valence electrons. The van der Waals surface area contributed by atoms with Crippen molar-refractivity contribution in [3.63, 3.8) is 0 Å². The number of rotatable bonds is 0. The van der Waals surface area contributed by atoms with Crippen molar-refractivity contribution in [2.75, 3.05) is 0 Å². The Morgan fingerprint density at radius 1 is 0.750 bits per heavy atom. The molecule has 5 rings (SSSR count). The Hall–Kier alpha value is -2.74. The Morgan fingerprint density at radius 3 is 2.65 bits per heavy atom. The van der Waals surface area contributed by atoms with Crippen molar-refractivity contribution in [2.24, 2.45) is 10.2 Å². The molecule has 1 aliphatic heterocycles. The maximum absolute atomic E-state index is 4.23. The zero-order chi connectivity index (χ0) is 13.1. The van der Waals surface area contributed by atoms with Gasteiger partial charge in [0.25, 0.3) is 0 Å². The lowest BCUT2D eigenvalue weighted by atomic mass is 9.96. The number of benzene rings is 3. The number of allylic oxidation sites excluding steroid dienone is 1. The molecule has 0 spiro atoms. The summed E-state index contributed by atoms with van der Waals surface area (Å²) in [6.45, 7) is 0. The molecule has 0 amide bonds. The summed E-state index contributed by atoms with van der Waals surface area (Å²) in [7, 11) is 0. The summed E-state index contributed by atoms with van der Waals surface area (Å²) < 4.78 is 0. The van der Waals surface area contributed by atoms with Gasteiger partial charge >= 0.3 is 0 Å². The van der Waals surface area contributed by atoms with Crippen LogP contribution in [0.2, 0.25) is 0 Å². The lowest BCUT2D eigenvalue weighted by Gasteiger charge is -2.08. The maximum Gasteiger partial charge on any atom is 0.102 e. The van der Waals surface area contributed by atoms with Crippen LogP contribution in [0, 0.1) is 0 Å². The van der Waals surface area contributed by atoms with Gasteiger partial charge in [0, 0.05) is 11.1 Å². The van der Waals surface area contributed by atoms with Crippen LogP contribution < -0.4 is 0 Å². The van der Waals surface area contributed by atoms with Crippen molar-refractivity contribution in [1.29, 1.82) is 0 Å². The number of hydrogen-bond donors (Lipinski definition) is 0. The smallest absolute Gasteiger partial charge is 0.102 e. The van der Waals surface area contributed by atoms with E-state index in [0.29, 0.717) is 0 Å². The third-order valence-electron chi connectivity index (χ3n) is 4.15. The molecule has 0 unspecified atom stereocenters. The molecule has 0 N–H and O–H groups in total. The highest BCUT2D eigenvalue weighted by atomic mass is 15.2. The molecule has 0 bridgehead atoms. The topological polar surface area (TPSA) is 24.7 Å². The lowest BCUT2D eigenvalue weighted by Crippen LogP contribution is -1.97. The monoisotopic (exact) mass is 254 g/mol. The summed E-state index contributed by atoms with van der Waals surface area (Å²) in [5, 5.41) is 13.4. The first-order valence-corrected chi connectivity index (χ1v) is 6.70. The largest absolute Gasteiger partial charge is 0.158 e. The van der Waals surface area contributed by atoms with E-state index < -0.39 is 0 Å². The van der Waals surface area contributed by atoms with Gasteiger partial charge in [-0.15, -0.1) is 5.10 Å². The third-order valence-corrected chi connectivity index (χ3v) is 4.15. The maximum atomic E-state index is 4.23. The number of nitrogens with zero attached hydrogens (tertiary/aromatic N) is 2. The zero-order valence-corrected chi connectivity index (χ0v) is 10.7. The van der Waals surface area contributed by atoms with Gasteiger partial charge in [-0.2, -0.15) is 5.10 Å². The molecular weight excluding hydrogens is 244 g/mol. The highest BCUT2D eigenvalue weighted by Gasteiger charge is 2.23. The molecule has 0 fully saturated rings. The number of fused-ring (bicyclic) bond motifs is 7. The molecule has 20 heavy (non-hydrogen) atoms. The molecule has 0 atom stereocenters. The van der Waals surface area contributed by atoms with Gasteiger partial charge in [-0.1, -0.05) is 48.5 Å². The summed E-state index contributed by atoms with van der Waals surface area (Å²) in [6, 6.07) is 17.3. The average Bonchev–Trinajstić information content (AvgIpc) is 3.07. The van der Waals surface area contributed by atoms with Gasteiger partial charge in [0.15, 0.2) is 0 Å². The van der Waals surface area contributed by atoms with Crippen LogP contribution in [0.15, 0.2) is 64.3 Å². The van der Waals surface area contributed by atoms with Crippen LogP contribution in [0.4, 0.5) is 0 Å². The quantitative estimate of drug-likeness (QED) is 0.538. The fraction of sp³-hybridized carbons (Fsp3) is 0. The summed E-state index contributed by atoms with van der Waals surface area (Å²) in [4.78, 5) is 0. The lowest BCUT2D eigenvalue weighted by molar-refractivity contribution is 1.28. The third kappa shape index (κ3) is 1.14. The van der Waals surface area contributed by atoms with Crippen LogP contribution in [0.3, 0.4) is 0 Å². The van der Waals surface area contributed by atoms with E-state index in [1.54, 1.807) is 0 Å². The molecule has 0 radical (unpaired) electrons. The second-order valence-corrected chi connectivity index (χ2v) is 5.20. The van der Waals surface area contributed by atoms with Crippen molar-refractivity contribution in [3.8, 4) is 0 Å². The normalized spacial score (nSPS) is 15.4. The summed E-state index contributed by atoms with van der Waals surface area (Å²) in [5.41, 5.74) is 4.60. The van der Waals surface area contributed by atoms with E-state index in [1.807, 2.05) is 6.21 Å². The predicted molar refractivity (Wildman–Crippen MR) is 84.5 cm³/mol. The van der Waals surface area contributed by atoms with E-state index in [9.17, 15) is 0 Å². The van der Waals surface area contributed by atoms with Gasteiger partial charge in [0.2, 0.25) is 0 Å². The van der Waals surface area contributed by atoms with E-state index in [1.165, 1.54) is 32.7 Å². The zero-order valence-electron chi connectivity index (χ0n) is 10.7. The van der Waals surface area contributed by atoms with Crippen LogP contribution >= 0.6 is 0 Å². The van der Waals surface area contributed by atoms with E-state index in [2.05, 4.69) is 64.8 Å². The van der Waals surface area contributed by atoms with E-state index in [-0.39, 0.29) is 0 Å². The SMILES string of the molecule is C1=NN=C2C1=Cc1c2ccc2c1ccc1ccccc12. The minimum atomic E-state index is 1.01. The molecule has 2 aliphatic rings. The Labute approximate surface area is 115 Å². The first kappa shape index (κ1) is 10.1. The van der Waals surface area contributed by atoms with Gasteiger partial charge in [0.1, 0.15) is 5.71 Å². The molecule has 3 aromatic rings.